The fraction of sp³-hybridized carbons (Fsp3) is 0.300. The Bertz CT molecular complexity index is 880. The summed E-state index contributed by atoms with van der Waals surface area (Å²) in [5, 5.41) is 6.67. The highest BCUT2D eigenvalue weighted by atomic mass is 32.1. The highest BCUT2D eigenvalue weighted by molar-refractivity contribution is 7.17. The lowest BCUT2D eigenvalue weighted by Gasteiger charge is -2.35. The number of hydrogen-bond donors (Lipinski definition) is 1. The van der Waals surface area contributed by atoms with Gasteiger partial charge in [-0.3, -0.25) is 4.90 Å². The molecule has 1 aliphatic rings. The van der Waals surface area contributed by atoms with Crippen LogP contribution in [0.3, 0.4) is 0 Å². The van der Waals surface area contributed by atoms with Gasteiger partial charge in [-0.05, 0) is 40.1 Å². The molecule has 2 aromatic carbocycles. The molecule has 136 valence electrons. The van der Waals surface area contributed by atoms with Gasteiger partial charge in [0.2, 0.25) is 0 Å². The lowest BCUT2D eigenvalue weighted by Crippen LogP contribution is -2.45. The molecule has 1 unspecified atom stereocenters. The second kappa shape index (κ2) is 7.02. The normalized spacial score (nSPS) is 17.5. The van der Waals surface area contributed by atoms with Crippen molar-refractivity contribution in [2.75, 3.05) is 26.2 Å². The van der Waals surface area contributed by atoms with Gasteiger partial charge in [-0.25, -0.2) is 0 Å². The largest absolute Gasteiger partial charge is 0.416 e. The molecule has 0 radical (unpaired) electrons. The summed E-state index contributed by atoms with van der Waals surface area (Å²) in [6.45, 7) is 3.52. The fourth-order valence-electron chi connectivity index (χ4n) is 3.59. The molecule has 1 aliphatic heterocycles. The molecule has 26 heavy (non-hydrogen) atoms. The van der Waals surface area contributed by atoms with E-state index < -0.39 is 11.7 Å². The third-order valence-electron chi connectivity index (χ3n) is 4.88. The van der Waals surface area contributed by atoms with E-state index in [0.717, 1.165) is 31.7 Å². The van der Waals surface area contributed by atoms with Crippen LogP contribution in [0.5, 0.6) is 0 Å². The zero-order chi connectivity index (χ0) is 18.1. The first kappa shape index (κ1) is 17.5. The second-order valence-corrected chi connectivity index (χ2v) is 7.41. The average Bonchev–Trinajstić information content (AvgIpc) is 3.07. The molecule has 0 bridgehead atoms. The van der Waals surface area contributed by atoms with Crippen LogP contribution in [0.25, 0.3) is 10.1 Å². The van der Waals surface area contributed by atoms with Crippen molar-refractivity contribution in [3.63, 3.8) is 0 Å². The number of piperazine rings is 1. The van der Waals surface area contributed by atoms with Crippen molar-refractivity contribution in [3.8, 4) is 0 Å². The first-order valence-corrected chi connectivity index (χ1v) is 9.50. The number of halogens is 3. The Morgan fingerprint density at radius 3 is 2.35 bits per heavy atom. The molecular formula is C20H19F3N2S. The Morgan fingerprint density at radius 2 is 1.65 bits per heavy atom. The van der Waals surface area contributed by atoms with Crippen LogP contribution >= 0.6 is 11.3 Å². The summed E-state index contributed by atoms with van der Waals surface area (Å²) < 4.78 is 40.0. The molecule has 1 aromatic heterocycles. The standard InChI is InChI=1S/C20H19F3N2S/c21-20(22,23)15-7-5-14(6-8-15)19(25-11-9-24-10-12-25)17-13-26-18-4-2-1-3-16(17)18/h1-8,13,19,24H,9-12H2. The fourth-order valence-corrected chi connectivity index (χ4v) is 4.57. The second-order valence-electron chi connectivity index (χ2n) is 6.50. The lowest BCUT2D eigenvalue weighted by atomic mass is 9.95. The van der Waals surface area contributed by atoms with E-state index >= 15 is 0 Å². The van der Waals surface area contributed by atoms with Crippen molar-refractivity contribution in [2.45, 2.75) is 12.2 Å². The van der Waals surface area contributed by atoms with Crippen LogP contribution in [-0.2, 0) is 6.18 Å². The van der Waals surface area contributed by atoms with E-state index in [-0.39, 0.29) is 6.04 Å². The predicted molar refractivity (Wildman–Crippen MR) is 99.6 cm³/mol. The Kier molecular flexibility index (Phi) is 4.73. The lowest BCUT2D eigenvalue weighted by molar-refractivity contribution is -0.137. The van der Waals surface area contributed by atoms with Gasteiger partial charge in [0, 0.05) is 30.9 Å². The van der Waals surface area contributed by atoms with E-state index in [9.17, 15) is 13.2 Å². The summed E-state index contributed by atoms with van der Waals surface area (Å²) in [6.07, 6.45) is -4.31. The van der Waals surface area contributed by atoms with Crippen molar-refractivity contribution in [1.82, 2.24) is 10.2 Å². The van der Waals surface area contributed by atoms with E-state index in [1.165, 1.54) is 27.8 Å². The van der Waals surface area contributed by atoms with Crippen LogP contribution in [0, 0.1) is 0 Å². The third kappa shape index (κ3) is 3.37. The molecule has 3 aromatic rings. The van der Waals surface area contributed by atoms with Crippen LogP contribution in [0.1, 0.15) is 22.7 Å². The van der Waals surface area contributed by atoms with Gasteiger partial charge >= 0.3 is 6.18 Å². The van der Waals surface area contributed by atoms with E-state index in [4.69, 9.17) is 0 Å². The van der Waals surface area contributed by atoms with Crippen molar-refractivity contribution < 1.29 is 13.2 Å². The molecule has 0 saturated carbocycles. The molecule has 1 N–H and O–H groups in total. The van der Waals surface area contributed by atoms with Crippen LogP contribution in [0.15, 0.2) is 53.9 Å². The quantitative estimate of drug-likeness (QED) is 0.698. The Morgan fingerprint density at radius 1 is 0.962 bits per heavy atom. The third-order valence-corrected chi connectivity index (χ3v) is 5.86. The van der Waals surface area contributed by atoms with E-state index in [1.54, 1.807) is 23.5 Å². The number of hydrogen-bond acceptors (Lipinski definition) is 3. The number of nitrogens with zero attached hydrogens (tertiary/aromatic N) is 1. The summed E-state index contributed by atoms with van der Waals surface area (Å²) >= 11 is 1.69. The molecule has 6 heteroatoms. The Hall–Kier alpha value is -1.89. The van der Waals surface area contributed by atoms with Gasteiger partial charge in [-0.15, -0.1) is 11.3 Å². The van der Waals surface area contributed by atoms with Gasteiger partial charge < -0.3 is 5.32 Å². The molecular weight excluding hydrogens is 357 g/mol. The summed E-state index contributed by atoms with van der Waals surface area (Å²) in [5.41, 5.74) is 1.48. The van der Waals surface area contributed by atoms with E-state index in [0.29, 0.717) is 0 Å². The van der Waals surface area contributed by atoms with Crippen LogP contribution in [-0.4, -0.2) is 31.1 Å². The maximum absolute atomic E-state index is 12.9. The number of nitrogens with one attached hydrogen (secondary N) is 1. The van der Waals surface area contributed by atoms with Crippen molar-refractivity contribution in [2.24, 2.45) is 0 Å². The smallest absolute Gasteiger partial charge is 0.314 e. The molecule has 2 nitrogen and oxygen atoms in total. The van der Waals surface area contributed by atoms with E-state index in [1.807, 2.05) is 12.1 Å². The molecule has 2 heterocycles. The minimum Gasteiger partial charge on any atom is -0.314 e. The highest BCUT2D eigenvalue weighted by Gasteiger charge is 2.31. The molecule has 1 fully saturated rings. The van der Waals surface area contributed by atoms with Crippen molar-refractivity contribution >= 4 is 21.4 Å². The summed E-state index contributed by atoms with van der Waals surface area (Å²) in [6, 6.07) is 13.8. The van der Waals surface area contributed by atoms with Gasteiger partial charge in [0.1, 0.15) is 0 Å². The summed E-state index contributed by atoms with van der Waals surface area (Å²) in [5.74, 6) is 0. The van der Waals surface area contributed by atoms with Crippen molar-refractivity contribution in [1.29, 1.82) is 0 Å². The monoisotopic (exact) mass is 376 g/mol. The molecule has 1 saturated heterocycles. The Balaban J connectivity index is 1.78. The number of fused-ring (bicyclic) bond motifs is 1. The average molecular weight is 376 g/mol. The SMILES string of the molecule is FC(F)(F)c1ccc(C(c2csc3ccccc23)N2CCNCC2)cc1. The minimum absolute atomic E-state index is 0.0319. The number of alkyl halides is 3. The van der Waals surface area contributed by atoms with Gasteiger partial charge in [-0.1, -0.05) is 30.3 Å². The van der Waals surface area contributed by atoms with Crippen LogP contribution in [0.4, 0.5) is 13.2 Å². The zero-order valence-corrected chi connectivity index (χ0v) is 14.9. The maximum atomic E-state index is 12.9. The molecule has 0 aliphatic carbocycles. The molecule has 0 amide bonds. The maximum Gasteiger partial charge on any atom is 0.416 e. The number of rotatable bonds is 3. The molecule has 4 rings (SSSR count). The van der Waals surface area contributed by atoms with E-state index in [2.05, 4.69) is 27.7 Å². The predicted octanol–water partition coefficient (Wildman–Crippen LogP) is 4.91. The van der Waals surface area contributed by atoms with Gasteiger partial charge in [0.25, 0.3) is 0 Å². The zero-order valence-electron chi connectivity index (χ0n) is 14.1. The number of benzene rings is 2. The first-order chi connectivity index (χ1) is 12.5. The van der Waals surface area contributed by atoms with Gasteiger partial charge in [0.15, 0.2) is 0 Å². The minimum atomic E-state index is -4.31. The van der Waals surface area contributed by atoms with Gasteiger partial charge in [-0.2, -0.15) is 13.2 Å². The topological polar surface area (TPSA) is 15.3 Å². The summed E-state index contributed by atoms with van der Waals surface area (Å²) in [4.78, 5) is 2.35. The first-order valence-electron chi connectivity index (χ1n) is 8.62. The highest BCUT2D eigenvalue weighted by Crippen LogP contribution is 2.38. The molecule has 0 spiro atoms. The Labute approximate surface area is 154 Å². The molecule has 1 atom stereocenters. The van der Waals surface area contributed by atoms with Crippen LogP contribution < -0.4 is 5.32 Å². The van der Waals surface area contributed by atoms with Crippen molar-refractivity contribution in [3.05, 3.63) is 70.6 Å². The van der Waals surface area contributed by atoms with Crippen LogP contribution in [0.2, 0.25) is 0 Å². The summed E-state index contributed by atoms with van der Waals surface area (Å²) in [7, 11) is 0. The van der Waals surface area contributed by atoms with Gasteiger partial charge in [0.05, 0.1) is 11.6 Å². The number of thiophene rings is 1.